The topological polar surface area (TPSA) is 30.5 Å². The molecule has 112 valence electrons. The number of rotatable bonds is 7. The van der Waals surface area contributed by atoms with Gasteiger partial charge in [-0.3, -0.25) is 0 Å². The third kappa shape index (κ3) is 3.63. The highest BCUT2D eigenvalue weighted by Crippen LogP contribution is 2.35. The van der Waals surface area contributed by atoms with Crippen LogP contribution in [0.3, 0.4) is 0 Å². The molecule has 0 saturated heterocycles. The summed E-state index contributed by atoms with van der Waals surface area (Å²) in [6.07, 6.45) is -0.0715. The number of methoxy groups -OCH3 is 1. The number of hydrogen-bond donors (Lipinski definition) is 1. The van der Waals surface area contributed by atoms with Crippen LogP contribution < -0.4 is 10.1 Å². The van der Waals surface area contributed by atoms with Crippen LogP contribution in [0.2, 0.25) is 0 Å². The first-order chi connectivity index (χ1) is 10.3. The summed E-state index contributed by atoms with van der Waals surface area (Å²) >= 11 is 0. The van der Waals surface area contributed by atoms with Crippen molar-refractivity contribution in [3.8, 4) is 5.75 Å². The van der Waals surface area contributed by atoms with Gasteiger partial charge in [0.05, 0.1) is 12.6 Å². The fraction of sp³-hybridized carbons (Fsp3) is 0.333. The molecule has 0 bridgehead atoms. The lowest BCUT2D eigenvalue weighted by molar-refractivity contribution is 0.0691. The molecule has 0 amide bonds. The van der Waals surface area contributed by atoms with Gasteiger partial charge in [0.15, 0.2) is 0 Å². The molecule has 3 nitrogen and oxygen atoms in total. The van der Waals surface area contributed by atoms with Gasteiger partial charge in [0.2, 0.25) is 0 Å². The van der Waals surface area contributed by atoms with Gasteiger partial charge in [-0.25, -0.2) is 0 Å². The van der Waals surface area contributed by atoms with Crippen LogP contribution in [0.5, 0.6) is 5.75 Å². The number of nitrogens with one attached hydrogen (secondary N) is 1. The van der Waals surface area contributed by atoms with E-state index in [0.29, 0.717) is 6.61 Å². The summed E-state index contributed by atoms with van der Waals surface area (Å²) in [5, 5.41) is 3.36. The highest BCUT2D eigenvalue weighted by molar-refractivity contribution is 5.38. The molecule has 2 rings (SSSR count). The molecule has 0 aliphatic rings. The Labute approximate surface area is 126 Å². The van der Waals surface area contributed by atoms with Crippen molar-refractivity contribution in [2.24, 2.45) is 0 Å². The van der Waals surface area contributed by atoms with E-state index < -0.39 is 0 Å². The summed E-state index contributed by atoms with van der Waals surface area (Å²) in [4.78, 5) is 0. The zero-order chi connectivity index (χ0) is 15.1. The van der Waals surface area contributed by atoms with Crippen LogP contribution in [0, 0.1) is 0 Å². The zero-order valence-electron chi connectivity index (χ0n) is 12.9. The summed E-state index contributed by atoms with van der Waals surface area (Å²) < 4.78 is 11.5. The first-order valence-electron chi connectivity index (χ1n) is 7.28. The van der Waals surface area contributed by atoms with Crippen LogP contribution in [0.4, 0.5) is 0 Å². The second kappa shape index (κ2) is 7.81. The summed E-state index contributed by atoms with van der Waals surface area (Å²) in [5.74, 6) is 0.900. The smallest absolute Gasteiger partial charge is 0.124 e. The van der Waals surface area contributed by atoms with Crippen LogP contribution in [-0.4, -0.2) is 20.8 Å². The molecule has 0 aromatic heterocycles. The van der Waals surface area contributed by atoms with Crippen LogP contribution in [0.25, 0.3) is 0 Å². The molecule has 0 heterocycles. The van der Waals surface area contributed by atoms with E-state index >= 15 is 0 Å². The lowest BCUT2D eigenvalue weighted by Gasteiger charge is -2.28. The third-order valence-corrected chi connectivity index (χ3v) is 3.55. The number of likely N-dealkylation sites (N-methyl/N-ethyl adjacent to an activating group) is 1. The van der Waals surface area contributed by atoms with Gasteiger partial charge in [-0.15, -0.1) is 0 Å². The van der Waals surface area contributed by atoms with E-state index in [1.54, 1.807) is 7.11 Å². The predicted octanol–water partition coefficient (Wildman–Crippen LogP) is 3.73. The monoisotopic (exact) mass is 285 g/mol. The van der Waals surface area contributed by atoms with E-state index in [9.17, 15) is 0 Å². The average Bonchev–Trinajstić information content (AvgIpc) is 2.54. The summed E-state index contributed by atoms with van der Waals surface area (Å²) in [6.45, 7) is 2.65. The Bertz CT molecular complexity index is 542. The molecule has 21 heavy (non-hydrogen) atoms. The highest BCUT2D eigenvalue weighted by Gasteiger charge is 2.25. The fourth-order valence-corrected chi connectivity index (χ4v) is 2.60. The van der Waals surface area contributed by atoms with E-state index in [2.05, 4.69) is 23.5 Å². The van der Waals surface area contributed by atoms with Gasteiger partial charge >= 0.3 is 0 Å². The molecule has 0 radical (unpaired) electrons. The van der Waals surface area contributed by atoms with Crippen molar-refractivity contribution in [3.05, 3.63) is 65.7 Å². The number of para-hydroxylation sites is 1. The molecule has 2 aromatic carbocycles. The van der Waals surface area contributed by atoms with Crippen molar-refractivity contribution in [2.75, 3.05) is 20.8 Å². The van der Waals surface area contributed by atoms with Gasteiger partial charge in [0.1, 0.15) is 11.9 Å². The maximum atomic E-state index is 5.76. The minimum atomic E-state index is -0.0715. The molecule has 1 N–H and O–H groups in total. The first kappa shape index (κ1) is 15.5. The maximum Gasteiger partial charge on any atom is 0.124 e. The van der Waals surface area contributed by atoms with Gasteiger partial charge in [-0.2, -0.15) is 0 Å². The summed E-state index contributed by atoms with van der Waals surface area (Å²) in [5.41, 5.74) is 2.25. The van der Waals surface area contributed by atoms with Gasteiger partial charge in [0.25, 0.3) is 0 Å². The molecule has 0 aliphatic carbocycles. The molecule has 2 unspecified atom stereocenters. The zero-order valence-corrected chi connectivity index (χ0v) is 12.9. The van der Waals surface area contributed by atoms with E-state index in [-0.39, 0.29) is 12.1 Å². The fourth-order valence-electron chi connectivity index (χ4n) is 2.60. The third-order valence-electron chi connectivity index (χ3n) is 3.55. The molecular formula is C18H23NO2. The lowest BCUT2D eigenvalue weighted by atomic mass is 9.95. The standard InChI is InChI=1S/C18H23NO2/c1-4-21-16-13-9-8-12-15(16)17(19-2)18(20-3)14-10-6-5-7-11-14/h5-13,17-19H,4H2,1-3H3. The van der Waals surface area contributed by atoms with Gasteiger partial charge < -0.3 is 14.8 Å². The summed E-state index contributed by atoms with van der Waals surface area (Å²) in [7, 11) is 3.69. The molecule has 0 aliphatic heterocycles. The molecule has 0 saturated carbocycles. The number of ether oxygens (including phenoxy) is 2. The molecule has 0 fully saturated rings. The van der Waals surface area contributed by atoms with E-state index in [4.69, 9.17) is 9.47 Å². The Morgan fingerprint density at radius 2 is 1.67 bits per heavy atom. The largest absolute Gasteiger partial charge is 0.494 e. The Balaban J connectivity index is 2.38. The molecule has 2 atom stereocenters. The highest BCUT2D eigenvalue weighted by atomic mass is 16.5. The van der Waals surface area contributed by atoms with Crippen molar-refractivity contribution < 1.29 is 9.47 Å². The van der Waals surface area contributed by atoms with Crippen molar-refractivity contribution in [1.29, 1.82) is 0 Å². The van der Waals surface area contributed by atoms with E-state index in [1.807, 2.05) is 50.4 Å². The van der Waals surface area contributed by atoms with Crippen LogP contribution >= 0.6 is 0 Å². The quantitative estimate of drug-likeness (QED) is 0.840. The van der Waals surface area contributed by atoms with Crippen molar-refractivity contribution in [1.82, 2.24) is 5.32 Å². The van der Waals surface area contributed by atoms with Crippen LogP contribution in [0.15, 0.2) is 54.6 Å². The Morgan fingerprint density at radius 1 is 1.00 bits per heavy atom. The number of hydrogen-bond acceptors (Lipinski definition) is 3. The van der Waals surface area contributed by atoms with Crippen molar-refractivity contribution >= 4 is 0 Å². The van der Waals surface area contributed by atoms with Gasteiger partial charge in [-0.05, 0) is 25.6 Å². The maximum absolute atomic E-state index is 5.76. The van der Waals surface area contributed by atoms with E-state index in [1.165, 1.54) is 0 Å². The molecule has 2 aromatic rings. The number of benzene rings is 2. The van der Waals surface area contributed by atoms with Crippen molar-refractivity contribution in [2.45, 2.75) is 19.1 Å². The molecule has 0 spiro atoms. The van der Waals surface area contributed by atoms with Crippen LogP contribution in [-0.2, 0) is 4.74 Å². The molecule has 3 heteroatoms. The minimum absolute atomic E-state index is 0.0279. The lowest BCUT2D eigenvalue weighted by Crippen LogP contribution is -2.25. The van der Waals surface area contributed by atoms with E-state index in [0.717, 1.165) is 16.9 Å². The van der Waals surface area contributed by atoms with Gasteiger partial charge in [0, 0.05) is 12.7 Å². The second-order valence-electron chi connectivity index (χ2n) is 4.80. The predicted molar refractivity (Wildman–Crippen MR) is 85.6 cm³/mol. The Kier molecular flexibility index (Phi) is 5.78. The Hall–Kier alpha value is -1.84. The SMILES string of the molecule is CCOc1ccccc1C(NC)C(OC)c1ccccc1. The van der Waals surface area contributed by atoms with Gasteiger partial charge in [-0.1, -0.05) is 48.5 Å². The average molecular weight is 285 g/mol. The first-order valence-corrected chi connectivity index (χ1v) is 7.28. The normalized spacial score (nSPS) is 13.7. The second-order valence-corrected chi connectivity index (χ2v) is 4.80. The summed E-state index contributed by atoms with van der Waals surface area (Å²) in [6, 6.07) is 18.4. The van der Waals surface area contributed by atoms with Crippen molar-refractivity contribution in [3.63, 3.8) is 0 Å². The molecular weight excluding hydrogens is 262 g/mol. The Morgan fingerprint density at radius 3 is 2.29 bits per heavy atom. The minimum Gasteiger partial charge on any atom is -0.494 e. The van der Waals surface area contributed by atoms with Crippen LogP contribution in [0.1, 0.15) is 30.2 Å².